The lowest BCUT2D eigenvalue weighted by Gasteiger charge is -2.17. The van der Waals surface area contributed by atoms with Crippen LogP contribution < -0.4 is 9.88 Å². The Bertz CT molecular complexity index is 371. The minimum Gasteiger partial charge on any atom is -0.355 e. The molecule has 0 spiro atoms. The number of hydrogen-bond acceptors (Lipinski definition) is 2. The summed E-state index contributed by atoms with van der Waals surface area (Å²) in [6.45, 7) is 10.8. The first-order valence-corrected chi connectivity index (χ1v) is 7.10. The highest BCUT2D eigenvalue weighted by Gasteiger charge is 2.06. The average molecular weight is 264 g/mol. The van der Waals surface area contributed by atoms with Crippen LogP contribution in [0, 0.1) is 6.92 Å². The molecule has 0 aliphatic rings. The lowest BCUT2D eigenvalue weighted by Crippen LogP contribution is -2.38. The summed E-state index contributed by atoms with van der Waals surface area (Å²) in [5.74, 6) is 0.125. The van der Waals surface area contributed by atoms with Gasteiger partial charge in [-0.25, -0.2) is 4.57 Å². The monoisotopic (exact) mass is 264 g/mol. The second kappa shape index (κ2) is 8.64. The summed E-state index contributed by atoms with van der Waals surface area (Å²) in [6.07, 6.45) is 4.56. The number of carbonyl (C=O) groups excluding carboxylic acids is 1. The molecule has 0 fully saturated rings. The van der Waals surface area contributed by atoms with Crippen molar-refractivity contribution < 1.29 is 9.36 Å². The van der Waals surface area contributed by atoms with E-state index in [0.29, 0.717) is 6.42 Å². The lowest BCUT2D eigenvalue weighted by atomic mass is 10.3. The van der Waals surface area contributed by atoms with Crippen LogP contribution in [-0.2, 0) is 11.3 Å². The molecule has 1 N–H and O–H groups in total. The standard InChI is InChI=1S/C15H25N3O/c1-4-17(5-2)13-9-16-15(19)8-12-18-10-6-14(3)7-11-18/h6-7,10-11H,4-5,8-9,12-13H2,1-3H3/p+1. The summed E-state index contributed by atoms with van der Waals surface area (Å²) in [4.78, 5) is 14.0. The first kappa shape index (κ1) is 15.6. The van der Waals surface area contributed by atoms with Crippen LogP contribution in [0.4, 0.5) is 0 Å². The maximum Gasteiger partial charge on any atom is 0.226 e. The maximum atomic E-state index is 11.7. The van der Waals surface area contributed by atoms with Gasteiger partial charge in [0.15, 0.2) is 18.9 Å². The van der Waals surface area contributed by atoms with Crippen LogP contribution >= 0.6 is 0 Å². The van der Waals surface area contributed by atoms with Crippen molar-refractivity contribution >= 4 is 5.91 Å². The summed E-state index contributed by atoms with van der Waals surface area (Å²) >= 11 is 0. The van der Waals surface area contributed by atoms with E-state index < -0.39 is 0 Å². The number of rotatable bonds is 8. The Morgan fingerprint density at radius 2 is 1.89 bits per heavy atom. The predicted octanol–water partition coefficient (Wildman–Crippen LogP) is 1.13. The fourth-order valence-electron chi connectivity index (χ4n) is 1.89. The van der Waals surface area contributed by atoms with Gasteiger partial charge in [0.1, 0.15) is 0 Å². The molecule has 0 aliphatic heterocycles. The number of nitrogens with one attached hydrogen (secondary N) is 1. The largest absolute Gasteiger partial charge is 0.355 e. The highest BCUT2D eigenvalue weighted by atomic mass is 16.1. The SMILES string of the molecule is CCN(CC)CCNC(=O)CC[n+]1ccc(C)cc1. The number of nitrogens with zero attached hydrogens (tertiary/aromatic N) is 2. The summed E-state index contributed by atoms with van der Waals surface area (Å²) < 4.78 is 2.04. The van der Waals surface area contributed by atoms with Crippen LogP contribution in [0.3, 0.4) is 0 Å². The van der Waals surface area contributed by atoms with E-state index in [9.17, 15) is 4.79 Å². The third-order valence-electron chi connectivity index (χ3n) is 3.30. The molecule has 19 heavy (non-hydrogen) atoms. The molecule has 0 radical (unpaired) electrons. The minimum atomic E-state index is 0.125. The molecule has 0 bridgehead atoms. The van der Waals surface area contributed by atoms with Gasteiger partial charge in [-0.3, -0.25) is 4.79 Å². The van der Waals surface area contributed by atoms with Crippen LogP contribution in [0.25, 0.3) is 0 Å². The minimum absolute atomic E-state index is 0.125. The van der Waals surface area contributed by atoms with Crippen molar-refractivity contribution in [2.75, 3.05) is 26.2 Å². The van der Waals surface area contributed by atoms with E-state index in [0.717, 1.165) is 32.7 Å². The van der Waals surface area contributed by atoms with Crippen LogP contribution in [0.15, 0.2) is 24.5 Å². The molecule has 1 amide bonds. The van der Waals surface area contributed by atoms with Crippen LogP contribution in [0.2, 0.25) is 0 Å². The van der Waals surface area contributed by atoms with Gasteiger partial charge < -0.3 is 10.2 Å². The van der Waals surface area contributed by atoms with Gasteiger partial charge in [0, 0.05) is 25.2 Å². The number of likely N-dealkylation sites (N-methyl/N-ethyl adjacent to an activating group) is 1. The number of pyridine rings is 1. The highest BCUT2D eigenvalue weighted by Crippen LogP contribution is 1.91. The van der Waals surface area contributed by atoms with Gasteiger partial charge in [-0.15, -0.1) is 0 Å². The topological polar surface area (TPSA) is 36.2 Å². The predicted molar refractivity (Wildman–Crippen MR) is 76.8 cm³/mol. The van der Waals surface area contributed by atoms with Crippen molar-refractivity contribution in [3.8, 4) is 0 Å². The second-order valence-corrected chi connectivity index (χ2v) is 4.74. The molecule has 1 aromatic rings. The summed E-state index contributed by atoms with van der Waals surface area (Å²) in [5.41, 5.74) is 1.24. The van der Waals surface area contributed by atoms with E-state index >= 15 is 0 Å². The third kappa shape index (κ3) is 6.34. The van der Waals surface area contributed by atoms with Gasteiger partial charge in [-0.05, 0) is 25.6 Å². The van der Waals surface area contributed by atoms with E-state index in [1.54, 1.807) is 0 Å². The number of carbonyl (C=O) groups is 1. The fourth-order valence-corrected chi connectivity index (χ4v) is 1.89. The van der Waals surface area contributed by atoms with Gasteiger partial charge in [-0.2, -0.15) is 0 Å². The van der Waals surface area contributed by atoms with Gasteiger partial charge in [-0.1, -0.05) is 13.8 Å². The first-order valence-electron chi connectivity index (χ1n) is 7.10. The van der Waals surface area contributed by atoms with Crippen molar-refractivity contribution in [2.24, 2.45) is 0 Å². The highest BCUT2D eigenvalue weighted by molar-refractivity contribution is 5.75. The molecule has 0 atom stereocenters. The average Bonchev–Trinajstić information content (AvgIpc) is 2.43. The first-order chi connectivity index (χ1) is 9.15. The molecular weight excluding hydrogens is 238 g/mol. The Balaban J connectivity index is 2.19. The van der Waals surface area contributed by atoms with Gasteiger partial charge in [0.05, 0.1) is 6.42 Å². The van der Waals surface area contributed by atoms with Crippen molar-refractivity contribution in [3.05, 3.63) is 30.1 Å². The molecule has 0 aromatic carbocycles. The van der Waals surface area contributed by atoms with E-state index in [1.165, 1.54) is 5.56 Å². The van der Waals surface area contributed by atoms with Crippen molar-refractivity contribution in [2.45, 2.75) is 33.7 Å². The molecule has 0 saturated heterocycles. The molecule has 0 saturated carbocycles. The Morgan fingerprint density at radius 3 is 2.47 bits per heavy atom. The Hall–Kier alpha value is -1.42. The number of amides is 1. The fraction of sp³-hybridized carbons (Fsp3) is 0.600. The molecule has 1 aromatic heterocycles. The van der Waals surface area contributed by atoms with Gasteiger partial charge in [0.2, 0.25) is 5.91 Å². The van der Waals surface area contributed by atoms with Crippen LogP contribution in [0.5, 0.6) is 0 Å². The van der Waals surface area contributed by atoms with E-state index in [2.05, 4.69) is 43.1 Å². The van der Waals surface area contributed by atoms with Crippen molar-refractivity contribution in [1.29, 1.82) is 0 Å². The summed E-state index contributed by atoms with van der Waals surface area (Å²) in [7, 11) is 0. The van der Waals surface area contributed by atoms with E-state index in [4.69, 9.17) is 0 Å². The molecule has 0 aliphatic carbocycles. The van der Waals surface area contributed by atoms with E-state index in [1.807, 2.05) is 17.0 Å². The quantitative estimate of drug-likeness (QED) is 0.715. The Morgan fingerprint density at radius 1 is 1.26 bits per heavy atom. The molecule has 0 unspecified atom stereocenters. The zero-order valence-electron chi connectivity index (χ0n) is 12.4. The molecule has 4 heteroatoms. The summed E-state index contributed by atoms with van der Waals surface area (Å²) in [5, 5.41) is 2.97. The molecule has 106 valence electrons. The summed E-state index contributed by atoms with van der Waals surface area (Å²) in [6, 6.07) is 4.11. The normalized spacial score (nSPS) is 10.7. The van der Waals surface area contributed by atoms with Gasteiger partial charge >= 0.3 is 0 Å². The number of aromatic nitrogens is 1. The van der Waals surface area contributed by atoms with Crippen LogP contribution in [-0.4, -0.2) is 37.0 Å². The number of hydrogen-bond donors (Lipinski definition) is 1. The Labute approximate surface area is 116 Å². The molecule has 4 nitrogen and oxygen atoms in total. The maximum absolute atomic E-state index is 11.7. The van der Waals surface area contributed by atoms with Crippen LogP contribution in [0.1, 0.15) is 25.8 Å². The van der Waals surface area contributed by atoms with Crippen molar-refractivity contribution in [3.63, 3.8) is 0 Å². The number of aryl methyl sites for hydroxylation is 2. The van der Waals surface area contributed by atoms with Crippen molar-refractivity contribution in [1.82, 2.24) is 10.2 Å². The smallest absolute Gasteiger partial charge is 0.226 e. The molecule has 1 heterocycles. The zero-order chi connectivity index (χ0) is 14.1. The second-order valence-electron chi connectivity index (χ2n) is 4.74. The molecular formula is C15H26N3O+. The Kier molecular flexibility index (Phi) is 7.11. The lowest BCUT2D eigenvalue weighted by molar-refractivity contribution is -0.695. The molecule has 1 rings (SSSR count). The third-order valence-corrected chi connectivity index (χ3v) is 3.30. The van der Waals surface area contributed by atoms with E-state index in [-0.39, 0.29) is 5.91 Å². The van der Waals surface area contributed by atoms with Gasteiger partial charge in [0.25, 0.3) is 0 Å². The zero-order valence-corrected chi connectivity index (χ0v) is 12.4.